The highest BCUT2D eigenvalue weighted by atomic mass is 79.9. The molecule has 2 aromatic rings. The van der Waals surface area contributed by atoms with Crippen molar-refractivity contribution >= 4 is 39.6 Å². The van der Waals surface area contributed by atoms with Crippen molar-refractivity contribution in [2.75, 3.05) is 25.4 Å². The minimum atomic E-state index is -0.292. The van der Waals surface area contributed by atoms with Gasteiger partial charge in [-0.25, -0.2) is 9.18 Å². The molecule has 3 amide bonds. The van der Waals surface area contributed by atoms with E-state index in [9.17, 15) is 14.0 Å². The number of hydrogen-bond acceptors (Lipinski definition) is 3. The van der Waals surface area contributed by atoms with Crippen LogP contribution in [0.15, 0.2) is 53.0 Å². The first kappa shape index (κ1) is 21.2. The van der Waals surface area contributed by atoms with Gasteiger partial charge >= 0.3 is 6.03 Å². The molecule has 0 atom stereocenters. The zero-order valence-corrected chi connectivity index (χ0v) is 17.0. The summed E-state index contributed by atoms with van der Waals surface area (Å²) in [5, 5.41) is 8.14. The lowest BCUT2D eigenvalue weighted by atomic mass is 10.2. The summed E-state index contributed by atoms with van der Waals surface area (Å²) in [7, 11) is 0. The summed E-state index contributed by atoms with van der Waals surface area (Å²) in [5.74, 6) is 0.857. The summed E-state index contributed by atoms with van der Waals surface area (Å²) in [6.45, 7) is 1.15. The number of halogens is 2. The van der Waals surface area contributed by atoms with Gasteiger partial charge in [0.1, 0.15) is 5.82 Å². The smallest absolute Gasteiger partial charge is 0.314 e. The molecule has 0 aliphatic heterocycles. The second-order valence-corrected chi connectivity index (χ2v) is 7.61. The quantitative estimate of drug-likeness (QED) is 0.508. The van der Waals surface area contributed by atoms with Gasteiger partial charge in [0.2, 0.25) is 0 Å². The van der Waals surface area contributed by atoms with Crippen molar-refractivity contribution in [3.8, 4) is 0 Å². The summed E-state index contributed by atoms with van der Waals surface area (Å²) in [6, 6.07) is 13.4. The van der Waals surface area contributed by atoms with E-state index in [2.05, 4.69) is 31.9 Å². The van der Waals surface area contributed by atoms with Gasteiger partial charge in [-0.05, 0) is 35.9 Å². The molecular formula is C19H21BrFN3O2S. The minimum Gasteiger partial charge on any atom is -0.350 e. The normalized spacial score (nSPS) is 10.3. The molecule has 0 fully saturated rings. The van der Waals surface area contributed by atoms with Gasteiger partial charge in [-0.2, -0.15) is 11.8 Å². The van der Waals surface area contributed by atoms with Crippen molar-refractivity contribution in [1.82, 2.24) is 16.0 Å². The maximum Gasteiger partial charge on any atom is 0.314 e. The first-order valence-electron chi connectivity index (χ1n) is 8.43. The van der Waals surface area contributed by atoms with Gasteiger partial charge in [-0.3, -0.25) is 4.79 Å². The van der Waals surface area contributed by atoms with E-state index >= 15 is 0 Å². The highest BCUT2D eigenvalue weighted by Crippen LogP contribution is 2.14. The molecule has 2 aromatic carbocycles. The van der Waals surface area contributed by atoms with Crippen LogP contribution in [0.25, 0.3) is 0 Å². The summed E-state index contributed by atoms with van der Waals surface area (Å²) in [6.07, 6.45) is 0. The summed E-state index contributed by atoms with van der Waals surface area (Å²) in [4.78, 5) is 23.6. The molecular weight excluding hydrogens is 433 g/mol. The van der Waals surface area contributed by atoms with E-state index < -0.39 is 0 Å². The van der Waals surface area contributed by atoms with Crippen molar-refractivity contribution in [3.63, 3.8) is 0 Å². The molecule has 0 radical (unpaired) electrons. The minimum absolute atomic E-state index is 0.186. The Balaban J connectivity index is 1.51. The lowest BCUT2D eigenvalue weighted by molar-refractivity contribution is 0.0954. The number of amides is 3. The van der Waals surface area contributed by atoms with Crippen LogP contribution in [-0.4, -0.2) is 37.3 Å². The molecule has 0 aromatic heterocycles. The van der Waals surface area contributed by atoms with E-state index in [1.807, 2.05) is 0 Å². The highest BCUT2D eigenvalue weighted by molar-refractivity contribution is 9.10. The van der Waals surface area contributed by atoms with E-state index in [4.69, 9.17) is 0 Å². The standard InChI is InChI=1S/C19H21BrFN3O2S/c20-16-7-5-14(6-8-16)18(25)22-9-10-23-19(26)24-11-12-27-13-15-3-1-2-4-17(15)21/h1-8H,9-13H2,(H,22,25)(H2,23,24,26). The van der Waals surface area contributed by atoms with Crippen LogP contribution in [0.2, 0.25) is 0 Å². The van der Waals surface area contributed by atoms with Crippen molar-refractivity contribution in [3.05, 3.63) is 69.9 Å². The Labute approximate surface area is 170 Å². The van der Waals surface area contributed by atoms with Gasteiger partial charge in [0.15, 0.2) is 0 Å². The first-order chi connectivity index (χ1) is 13.1. The largest absolute Gasteiger partial charge is 0.350 e. The number of nitrogens with one attached hydrogen (secondary N) is 3. The number of hydrogen-bond donors (Lipinski definition) is 3. The fourth-order valence-electron chi connectivity index (χ4n) is 2.15. The number of carbonyl (C=O) groups excluding carboxylic acids is 2. The topological polar surface area (TPSA) is 70.2 Å². The van der Waals surface area contributed by atoms with Crippen LogP contribution in [0.4, 0.5) is 9.18 Å². The SMILES string of the molecule is O=C(NCCNC(=O)c1ccc(Br)cc1)NCCSCc1ccccc1F. The predicted molar refractivity (Wildman–Crippen MR) is 110 cm³/mol. The van der Waals surface area contributed by atoms with E-state index in [0.717, 1.165) is 4.47 Å². The fourth-order valence-corrected chi connectivity index (χ4v) is 3.26. The van der Waals surface area contributed by atoms with Gasteiger partial charge in [-0.1, -0.05) is 34.1 Å². The maximum absolute atomic E-state index is 13.5. The molecule has 5 nitrogen and oxygen atoms in total. The van der Waals surface area contributed by atoms with Gasteiger partial charge in [0, 0.05) is 41.2 Å². The Hall–Kier alpha value is -2.06. The van der Waals surface area contributed by atoms with Crippen LogP contribution in [0, 0.1) is 5.82 Å². The third-order valence-corrected chi connectivity index (χ3v) is 5.09. The molecule has 144 valence electrons. The van der Waals surface area contributed by atoms with Crippen LogP contribution in [0.3, 0.4) is 0 Å². The molecule has 0 aliphatic rings. The Morgan fingerprint density at radius 2 is 1.59 bits per heavy atom. The molecule has 0 unspecified atom stereocenters. The number of thioether (sulfide) groups is 1. The fraction of sp³-hybridized carbons (Fsp3) is 0.263. The molecule has 0 aliphatic carbocycles. The van der Waals surface area contributed by atoms with Crippen molar-refractivity contribution in [2.45, 2.75) is 5.75 Å². The van der Waals surface area contributed by atoms with E-state index in [1.54, 1.807) is 54.2 Å². The first-order valence-corrected chi connectivity index (χ1v) is 10.4. The van der Waals surface area contributed by atoms with Gasteiger partial charge in [0.25, 0.3) is 5.91 Å². The summed E-state index contributed by atoms with van der Waals surface area (Å²) >= 11 is 4.87. The molecule has 8 heteroatoms. The average molecular weight is 454 g/mol. The predicted octanol–water partition coefficient (Wildman–Crippen LogP) is 3.55. The molecule has 0 saturated heterocycles. The average Bonchev–Trinajstić information content (AvgIpc) is 2.66. The van der Waals surface area contributed by atoms with Crippen LogP contribution in [0.1, 0.15) is 15.9 Å². The van der Waals surface area contributed by atoms with Crippen molar-refractivity contribution in [2.24, 2.45) is 0 Å². The summed E-state index contributed by atoms with van der Waals surface area (Å²) in [5.41, 5.74) is 1.22. The lowest BCUT2D eigenvalue weighted by Gasteiger charge is -2.09. The van der Waals surface area contributed by atoms with Crippen molar-refractivity contribution in [1.29, 1.82) is 0 Å². The molecule has 27 heavy (non-hydrogen) atoms. The molecule has 0 bridgehead atoms. The lowest BCUT2D eigenvalue weighted by Crippen LogP contribution is -2.41. The Morgan fingerprint density at radius 1 is 0.926 bits per heavy atom. The van der Waals surface area contributed by atoms with Crippen LogP contribution in [-0.2, 0) is 5.75 Å². The van der Waals surface area contributed by atoms with Crippen LogP contribution in [0.5, 0.6) is 0 Å². The maximum atomic E-state index is 13.5. The molecule has 3 N–H and O–H groups in total. The molecule has 0 saturated carbocycles. The second kappa shape index (κ2) is 11.6. The van der Waals surface area contributed by atoms with Gasteiger partial charge in [-0.15, -0.1) is 0 Å². The van der Waals surface area contributed by atoms with E-state index in [-0.39, 0.29) is 17.8 Å². The van der Waals surface area contributed by atoms with E-state index in [0.29, 0.717) is 42.3 Å². The van der Waals surface area contributed by atoms with Gasteiger partial charge < -0.3 is 16.0 Å². The Morgan fingerprint density at radius 3 is 2.33 bits per heavy atom. The van der Waals surface area contributed by atoms with Crippen LogP contribution >= 0.6 is 27.7 Å². The van der Waals surface area contributed by atoms with E-state index in [1.165, 1.54) is 6.07 Å². The number of urea groups is 1. The third-order valence-electron chi connectivity index (χ3n) is 3.55. The van der Waals surface area contributed by atoms with Crippen molar-refractivity contribution < 1.29 is 14.0 Å². The Kier molecular flexibility index (Phi) is 9.13. The number of benzene rings is 2. The highest BCUT2D eigenvalue weighted by Gasteiger charge is 2.05. The summed E-state index contributed by atoms with van der Waals surface area (Å²) < 4.78 is 14.4. The van der Waals surface area contributed by atoms with Crippen LogP contribution < -0.4 is 16.0 Å². The zero-order valence-electron chi connectivity index (χ0n) is 14.6. The molecule has 0 spiro atoms. The molecule has 2 rings (SSSR count). The molecule has 0 heterocycles. The number of carbonyl (C=O) groups is 2. The zero-order chi connectivity index (χ0) is 19.5. The van der Waals surface area contributed by atoms with Gasteiger partial charge in [0.05, 0.1) is 0 Å². The monoisotopic (exact) mass is 453 g/mol. The second-order valence-electron chi connectivity index (χ2n) is 5.59. The third kappa shape index (κ3) is 8.01. The Bertz CT molecular complexity index is 759. The number of rotatable bonds is 9.